The second kappa shape index (κ2) is 9.84. The van der Waals surface area contributed by atoms with Gasteiger partial charge in [-0.3, -0.25) is 5.41 Å². The normalized spacial score (nSPS) is 10.7. The molecular formula is C23H24N8O4. The van der Waals surface area contributed by atoms with Crippen molar-refractivity contribution in [1.82, 2.24) is 9.97 Å². The minimum absolute atomic E-state index is 0.0123. The summed E-state index contributed by atoms with van der Waals surface area (Å²) in [7, 11) is 0. The molecule has 1 aromatic heterocycles. The highest BCUT2D eigenvalue weighted by atomic mass is 16.6. The number of carbonyl (C=O) groups excluding carboxylic acids is 1. The third-order valence-corrected chi connectivity index (χ3v) is 4.18. The van der Waals surface area contributed by atoms with Crippen LogP contribution in [0.4, 0.5) is 17.2 Å². The summed E-state index contributed by atoms with van der Waals surface area (Å²) in [5.41, 5.74) is 17.2. The molecule has 0 aliphatic rings. The van der Waals surface area contributed by atoms with E-state index in [1.54, 1.807) is 45.0 Å². The van der Waals surface area contributed by atoms with E-state index in [-0.39, 0.29) is 46.2 Å². The lowest BCUT2D eigenvalue weighted by atomic mass is 10.1. The molecule has 0 aliphatic heterocycles. The van der Waals surface area contributed by atoms with Crippen molar-refractivity contribution in [2.24, 2.45) is 5.73 Å². The zero-order valence-corrected chi connectivity index (χ0v) is 19.2. The Kier molecular flexibility index (Phi) is 6.91. The predicted molar refractivity (Wildman–Crippen MR) is 129 cm³/mol. The van der Waals surface area contributed by atoms with Gasteiger partial charge in [-0.2, -0.15) is 15.2 Å². The molecule has 35 heavy (non-hydrogen) atoms. The zero-order valence-electron chi connectivity index (χ0n) is 19.2. The highest BCUT2D eigenvalue weighted by molar-refractivity contribution is 5.93. The fraction of sp³-hybridized carbons (Fsp3) is 0.174. The van der Waals surface area contributed by atoms with E-state index in [0.29, 0.717) is 11.4 Å². The van der Waals surface area contributed by atoms with Gasteiger partial charge in [-0.05, 0) is 51.1 Å². The Morgan fingerprint density at radius 1 is 1.11 bits per heavy atom. The van der Waals surface area contributed by atoms with E-state index in [0.717, 1.165) is 0 Å². The predicted octanol–water partition coefficient (Wildman–Crippen LogP) is 3.36. The van der Waals surface area contributed by atoms with Gasteiger partial charge in [-0.15, -0.1) is 0 Å². The van der Waals surface area contributed by atoms with Gasteiger partial charge in [0.1, 0.15) is 28.4 Å². The number of rotatable bonds is 6. The molecular weight excluding hydrogens is 452 g/mol. The number of hydrogen-bond acceptors (Lipinski definition) is 10. The van der Waals surface area contributed by atoms with Crippen molar-refractivity contribution in [3.63, 3.8) is 0 Å². The van der Waals surface area contributed by atoms with Crippen LogP contribution in [-0.4, -0.2) is 27.5 Å². The number of carbonyl (C=O) groups is 1. The largest absolute Gasteiger partial charge is 0.456 e. The molecule has 12 heteroatoms. The molecule has 0 radical (unpaired) electrons. The molecule has 8 N–H and O–H groups in total. The Labute approximate surface area is 201 Å². The molecule has 180 valence electrons. The number of anilines is 3. The van der Waals surface area contributed by atoms with E-state index in [1.807, 2.05) is 6.07 Å². The van der Waals surface area contributed by atoms with Gasteiger partial charge < -0.3 is 36.7 Å². The van der Waals surface area contributed by atoms with Crippen molar-refractivity contribution in [3.05, 3.63) is 53.6 Å². The van der Waals surface area contributed by atoms with Crippen LogP contribution in [0.5, 0.6) is 23.4 Å². The van der Waals surface area contributed by atoms with Gasteiger partial charge in [0, 0.05) is 11.8 Å². The van der Waals surface area contributed by atoms with Crippen LogP contribution in [0.2, 0.25) is 0 Å². The monoisotopic (exact) mass is 476 g/mol. The van der Waals surface area contributed by atoms with E-state index in [1.165, 1.54) is 18.2 Å². The number of nitrogen functional groups attached to an aromatic ring is 2. The van der Waals surface area contributed by atoms with Gasteiger partial charge in [0.25, 0.3) is 5.88 Å². The number of aromatic nitrogens is 2. The van der Waals surface area contributed by atoms with E-state index < -0.39 is 11.6 Å². The molecule has 0 saturated carbocycles. The maximum Gasteiger partial charge on any atom is 0.342 e. The summed E-state index contributed by atoms with van der Waals surface area (Å²) >= 11 is 0. The molecule has 0 saturated heterocycles. The van der Waals surface area contributed by atoms with Crippen LogP contribution in [0, 0.1) is 16.7 Å². The van der Waals surface area contributed by atoms with Crippen LogP contribution in [-0.2, 0) is 4.74 Å². The molecule has 3 aromatic rings. The number of hydrogen-bond donors (Lipinski definition) is 5. The first-order valence-electron chi connectivity index (χ1n) is 10.2. The average molecular weight is 476 g/mol. The third-order valence-electron chi connectivity index (χ3n) is 4.18. The summed E-state index contributed by atoms with van der Waals surface area (Å²) in [4.78, 5) is 20.9. The molecule has 0 amide bonds. The van der Waals surface area contributed by atoms with E-state index in [2.05, 4.69) is 15.3 Å². The summed E-state index contributed by atoms with van der Waals surface area (Å²) in [5, 5.41) is 19.3. The Hall–Kier alpha value is -5.05. The third kappa shape index (κ3) is 6.48. The summed E-state index contributed by atoms with van der Waals surface area (Å²) < 4.78 is 16.9. The summed E-state index contributed by atoms with van der Waals surface area (Å²) in [6, 6.07) is 12.5. The van der Waals surface area contributed by atoms with Gasteiger partial charge in [0.2, 0.25) is 0 Å². The van der Waals surface area contributed by atoms with Crippen LogP contribution >= 0.6 is 0 Å². The number of esters is 1. The molecule has 0 aliphatic carbocycles. The van der Waals surface area contributed by atoms with Crippen LogP contribution in [0.25, 0.3) is 0 Å². The lowest BCUT2D eigenvalue weighted by Crippen LogP contribution is -2.24. The lowest BCUT2D eigenvalue weighted by Gasteiger charge is -2.20. The van der Waals surface area contributed by atoms with Crippen LogP contribution in [0.3, 0.4) is 0 Å². The minimum atomic E-state index is -0.757. The molecule has 0 spiro atoms. The first kappa shape index (κ1) is 24.6. The molecule has 0 atom stereocenters. The SMILES string of the molecule is CC(C)(C)OC(=O)c1ccc(C#N)cc1Oc1nc(Oc2cccc(NC(=N)N)c2)nc(N)c1N. The zero-order chi connectivity index (χ0) is 25.8. The molecule has 3 rings (SSSR count). The molecule has 12 nitrogen and oxygen atoms in total. The first-order valence-corrected chi connectivity index (χ1v) is 10.2. The molecule has 0 bridgehead atoms. The van der Waals surface area contributed by atoms with Gasteiger partial charge in [-0.1, -0.05) is 6.07 Å². The van der Waals surface area contributed by atoms with Crippen LogP contribution < -0.4 is 32.0 Å². The van der Waals surface area contributed by atoms with Crippen molar-refractivity contribution < 1.29 is 19.0 Å². The number of nitriles is 1. The van der Waals surface area contributed by atoms with E-state index in [9.17, 15) is 10.1 Å². The Balaban J connectivity index is 1.96. The Bertz CT molecular complexity index is 1330. The number of nitrogens with two attached hydrogens (primary N) is 3. The second-order valence-electron chi connectivity index (χ2n) is 8.21. The fourth-order valence-corrected chi connectivity index (χ4v) is 2.75. The highest BCUT2D eigenvalue weighted by Gasteiger charge is 2.23. The maximum absolute atomic E-state index is 12.7. The first-order chi connectivity index (χ1) is 16.4. The smallest absolute Gasteiger partial charge is 0.342 e. The maximum atomic E-state index is 12.7. The standard InChI is InChI=1S/C23H24N8O4/c1-23(2,3)35-20(32)15-8-7-12(11-24)9-16(15)34-19-17(25)18(26)30-22(31-19)33-14-6-4-5-13(10-14)29-21(27)28/h4-10H,25H2,1-3H3,(H2,26,30,31)(H4,27,28,29). The van der Waals surface area contributed by atoms with Gasteiger partial charge in [-0.25, -0.2) is 4.79 Å². The summed E-state index contributed by atoms with van der Waals surface area (Å²) in [6.07, 6.45) is 0. The van der Waals surface area contributed by atoms with E-state index in [4.69, 9.17) is 36.8 Å². The molecule has 1 heterocycles. The number of benzene rings is 2. The number of ether oxygens (including phenoxy) is 3. The van der Waals surface area contributed by atoms with Crippen molar-refractivity contribution in [2.45, 2.75) is 26.4 Å². The molecule has 0 fully saturated rings. The number of nitrogens with one attached hydrogen (secondary N) is 2. The van der Waals surface area contributed by atoms with Gasteiger partial charge in [0.05, 0.1) is 11.6 Å². The van der Waals surface area contributed by atoms with E-state index >= 15 is 0 Å². The van der Waals surface area contributed by atoms with Crippen LogP contribution in [0.1, 0.15) is 36.7 Å². The van der Waals surface area contributed by atoms with Crippen molar-refractivity contribution in [1.29, 1.82) is 10.7 Å². The topological polar surface area (TPSA) is 208 Å². The number of nitrogens with zero attached hydrogens (tertiary/aromatic N) is 3. The molecule has 0 unspecified atom stereocenters. The summed E-state index contributed by atoms with van der Waals surface area (Å²) in [6.45, 7) is 5.17. The van der Waals surface area contributed by atoms with Gasteiger partial charge >= 0.3 is 12.0 Å². The second-order valence-corrected chi connectivity index (χ2v) is 8.21. The average Bonchev–Trinajstić information content (AvgIpc) is 2.75. The van der Waals surface area contributed by atoms with Crippen molar-refractivity contribution in [3.8, 4) is 29.5 Å². The summed E-state index contributed by atoms with van der Waals surface area (Å²) in [5.74, 6) is -0.923. The number of guanidine groups is 1. The lowest BCUT2D eigenvalue weighted by molar-refractivity contribution is 0.00671. The fourth-order valence-electron chi connectivity index (χ4n) is 2.75. The Morgan fingerprint density at radius 3 is 2.51 bits per heavy atom. The highest BCUT2D eigenvalue weighted by Crippen LogP contribution is 2.34. The Morgan fingerprint density at radius 2 is 1.86 bits per heavy atom. The minimum Gasteiger partial charge on any atom is -0.456 e. The van der Waals surface area contributed by atoms with Gasteiger partial charge in [0.15, 0.2) is 11.8 Å². The van der Waals surface area contributed by atoms with Crippen molar-refractivity contribution in [2.75, 3.05) is 16.8 Å². The van der Waals surface area contributed by atoms with Crippen LogP contribution in [0.15, 0.2) is 42.5 Å². The van der Waals surface area contributed by atoms with Crippen molar-refractivity contribution >= 4 is 29.1 Å². The quantitative estimate of drug-likeness (QED) is 0.198. The molecule has 2 aromatic carbocycles.